The molecule has 0 spiro atoms. The number of halogens is 1. The molecule has 0 radical (unpaired) electrons. The first-order chi connectivity index (χ1) is 12.5. The van der Waals surface area contributed by atoms with E-state index in [1.54, 1.807) is 31.1 Å². The Morgan fingerprint density at radius 2 is 2.05 bits per heavy atom. The maximum Gasteiger partial charge on any atom is 0.0406 e. The Balaban J connectivity index is 2.71. The quantitative estimate of drug-likeness (QED) is 0.704. The van der Waals surface area contributed by atoms with Crippen molar-refractivity contribution in [2.45, 2.75) is 57.2 Å². The minimum Gasteiger partial charge on any atom is -0.306 e. The van der Waals surface area contributed by atoms with E-state index in [9.17, 15) is 0 Å². The third-order valence-electron chi connectivity index (χ3n) is 4.24. The Hall–Kier alpha value is -0.530. The van der Waals surface area contributed by atoms with Gasteiger partial charge in [0.25, 0.3) is 0 Å². The molecule has 0 saturated heterocycles. The smallest absolute Gasteiger partial charge is 0.0406 e. The summed E-state index contributed by atoms with van der Waals surface area (Å²) in [7, 11) is 3.31. The minimum atomic E-state index is -3.16. The van der Waals surface area contributed by atoms with Crippen molar-refractivity contribution < 1.29 is 11.0 Å². The highest BCUT2D eigenvalue weighted by Gasteiger charge is 2.46. The van der Waals surface area contributed by atoms with Crippen LogP contribution in [0.5, 0.6) is 0 Å². The molecule has 20 heavy (non-hydrogen) atoms. The molecule has 0 aromatic heterocycles. The van der Waals surface area contributed by atoms with Gasteiger partial charge in [0.05, 0.1) is 0 Å². The van der Waals surface area contributed by atoms with Crippen molar-refractivity contribution >= 4 is 11.6 Å². The number of nitrogens with zero attached hydrogens (tertiary/aromatic N) is 1. The molecule has 0 N–H and O–H groups in total. The van der Waals surface area contributed by atoms with Gasteiger partial charge >= 0.3 is 0 Å². The van der Waals surface area contributed by atoms with Crippen molar-refractivity contribution in [2.24, 2.45) is 5.89 Å². The van der Waals surface area contributed by atoms with Crippen LogP contribution >= 0.6 is 11.6 Å². The summed E-state index contributed by atoms with van der Waals surface area (Å²) >= 11 is 6.01. The first-order valence-corrected chi connectivity index (χ1v) is 7.33. The van der Waals surface area contributed by atoms with E-state index in [0.717, 1.165) is 18.9 Å². The zero-order valence-corrected chi connectivity index (χ0v) is 13.1. The summed E-state index contributed by atoms with van der Waals surface area (Å²) < 4.78 is 66.2. The van der Waals surface area contributed by atoms with Crippen molar-refractivity contribution in [3.05, 3.63) is 34.9 Å². The Labute approximate surface area is 140 Å². The first-order valence-electron chi connectivity index (χ1n) is 10.9. The van der Waals surface area contributed by atoms with Gasteiger partial charge in [-0.3, -0.25) is 0 Å². The van der Waals surface area contributed by atoms with E-state index in [4.69, 9.17) is 22.6 Å². The van der Waals surface area contributed by atoms with Crippen molar-refractivity contribution in [1.82, 2.24) is 4.90 Å². The lowest BCUT2D eigenvalue weighted by Crippen LogP contribution is -2.52. The van der Waals surface area contributed by atoms with Crippen LogP contribution in [0.2, 0.25) is 5.02 Å². The lowest BCUT2D eigenvalue weighted by Gasteiger charge is -2.51. The van der Waals surface area contributed by atoms with Gasteiger partial charge in [-0.2, -0.15) is 0 Å². The molecule has 1 aromatic rings. The average molecular weight is 302 g/mol. The monoisotopic (exact) mass is 301 g/mol. The molecule has 2 rings (SSSR count). The second-order valence-corrected chi connectivity index (χ2v) is 6.09. The van der Waals surface area contributed by atoms with E-state index in [2.05, 4.69) is 0 Å². The molecule has 2 heteroatoms. The molecular formula is C18H28ClN. The maximum atomic E-state index is 8.87. The van der Waals surface area contributed by atoms with Gasteiger partial charge in [-0.1, -0.05) is 50.3 Å². The highest BCUT2D eigenvalue weighted by atomic mass is 35.5. The molecule has 0 bridgehead atoms. The summed E-state index contributed by atoms with van der Waals surface area (Å²) in [6.45, 7) is -2.18. The van der Waals surface area contributed by atoms with Gasteiger partial charge in [-0.05, 0) is 56.9 Å². The van der Waals surface area contributed by atoms with Crippen LogP contribution in [-0.4, -0.2) is 25.0 Å². The van der Waals surface area contributed by atoms with Crippen LogP contribution in [0.15, 0.2) is 24.3 Å². The van der Waals surface area contributed by atoms with E-state index >= 15 is 0 Å². The van der Waals surface area contributed by atoms with E-state index in [1.807, 2.05) is 12.1 Å². The molecule has 1 nitrogen and oxygen atoms in total. The summed E-state index contributed by atoms with van der Waals surface area (Å²) in [6, 6.07) is 6.06. The molecule has 0 heterocycles. The normalized spacial score (nSPS) is 30.1. The van der Waals surface area contributed by atoms with Crippen LogP contribution in [0.3, 0.4) is 0 Å². The standard InChI is InChI=1S/C18H28ClN/c1-5-14(2)13-17(20(3)4)18(11-6-12-18)15-7-9-16(19)10-8-15/h7-10,14,17H,5-6,11-13H2,1-4H3/i2D3,5D2,13D2,14D. The van der Waals surface area contributed by atoms with Crippen LogP contribution in [0.4, 0.5) is 0 Å². The number of rotatable bonds is 6. The molecular weight excluding hydrogens is 266 g/mol. The van der Waals surface area contributed by atoms with Gasteiger partial charge in [-0.15, -0.1) is 0 Å². The summed E-state index contributed by atoms with van der Waals surface area (Å²) in [6.07, 6.45) is -3.18. The summed E-state index contributed by atoms with van der Waals surface area (Å²) in [4.78, 5) is 1.61. The minimum absolute atomic E-state index is 0.546. The summed E-state index contributed by atoms with van der Waals surface area (Å²) in [5.74, 6) is -2.96. The van der Waals surface area contributed by atoms with Crippen LogP contribution in [-0.2, 0) is 5.41 Å². The van der Waals surface area contributed by atoms with Crippen molar-refractivity contribution in [2.75, 3.05) is 14.1 Å². The molecule has 1 fully saturated rings. The van der Waals surface area contributed by atoms with Crippen LogP contribution in [0, 0.1) is 5.89 Å². The molecule has 0 aliphatic heterocycles. The summed E-state index contributed by atoms with van der Waals surface area (Å²) in [5.41, 5.74) is 0.107. The summed E-state index contributed by atoms with van der Waals surface area (Å²) in [5, 5.41) is 0.546. The lowest BCUT2D eigenvalue weighted by molar-refractivity contribution is 0.0785. The Morgan fingerprint density at radius 3 is 2.45 bits per heavy atom. The van der Waals surface area contributed by atoms with Crippen LogP contribution in [0.25, 0.3) is 0 Å². The zero-order valence-electron chi connectivity index (χ0n) is 20.3. The van der Waals surface area contributed by atoms with Gasteiger partial charge in [0.15, 0.2) is 0 Å². The molecule has 112 valence electrons. The van der Waals surface area contributed by atoms with Gasteiger partial charge in [-0.25, -0.2) is 0 Å². The number of likely N-dealkylation sites (N-methyl/N-ethyl adjacent to an activating group) is 1. The molecule has 1 aliphatic carbocycles. The number of hydrogen-bond acceptors (Lipinski definition) is 1. The third-order valence-corrected chi connectivity index (χ3v) is 4.49. The van der Waals surface area contributed by atoms with Crippen LogP contribution in [0.1, 0.15) is 62.3 Å². The van der Waals surface area contributed by atoms with E-state index in [0.29, 0.717) is 17.9 Å². The Kier molecular flexibility index (Phi) is 2.66. The lowest BCUT2D eigenvalue weighted by atomic mass is 9.58. The largest absolute Gasteiger partial charge is 0.306 e. The Morgan fingerprint density at radius 1 is 1.40 bits per heavy atom. The molecule has 2 atom stereocenters. The van der Waals surface area contributed by atoms with E-state index in [-0.39, 0.29) is 0 Å². The number of hydrogen-bond donors (Lipinski definition) is 0. The second-order valence-electron chi connectivity index (χ2n) is 5.65. The Bertz CT molecular complexity index is 675. The predicted octanol–water partition coefficient (Wildman–Crippen LogP) is 5.13. The zero-order chi connectivity index (χ0) is 21.8. The SMILES string of the molecule is [2H]C([2H])([2H])C([2H])(C([2H])([2H])C)C([2H])([2H])C(N(C)C)C1(c2ccc(Cl)cc2)CCC1. The highest BCUT2D eigenvalue weighted by Crippen LogP contribution is 2.49. The fraction of sp³-hybridized carbons (Fsp3) is 0.667. The second kappa shape index (κ2) is 6.49. The van der Waals surface area contributed by atoms with Gasteiger partial charge in [0.1, 0.15) is 0 Å². The molecule has 1 aromatic carbocycles. The molecule has 0 amide bonds. The molecule has 1 saturated carbocycles. The fourth-order valence-electron chi connectivity index (χ4n) is 3.03. The maximum absolute atomic E-state index is 8.87. The van der Waals surface area contributed by atoms with E-state index in [1.165, 1.54) is 0 Å². The van der Waals surface area contributed by atoms with Gasteiger partial charge in [0.2, 0.25) is 0 Å². The third kappa shape index (κ3) is 3.04. The molecule has 1 aliphatic rings. The van der Waals surface area contributed by atoms with Crippen molar-refractivity contribution in [3.8, 4) is 0 Å². The first kappa shape index (κ1) is 8.19. The predicted molar refractivity (Wildman–Crippen MR) is 88.5 cm³/mol. The topological polar surface area (TPSA) is 3.24 Å². The van der Waals surface area contributed by atoms with Gasteiger partial charge < -0.3 is 4.90 Å². The number of benzene rings is 1. The van der Waals surface area contributed by atoms with Gasteiger partial charge in [0, 0.05) is 27.4 Å². The van der Waals surface area contributed by atoms with E-state index < -0.39 is 36.9 Å². The van der Waals surface area contributed by atoms with Crippen molar-refractivity contribution in [3.63, 3.8) is 0 Å². The fourth-order valence-corrected chi connectivity index (χ4v) is 3.16. The van der Waals surface area contributed by atoms with Crippen LogP contribution < -0.4 is 0 Å². The van der Waals surface area contributed by atoms with Crippen molar-refractivity contribution in [1.29, 1.82) is 0 Å². The average Bonchev–Trinajstić information content (AvgIpc) is 2.47. The highest BCUT2D eigenvalue weighted by molar-refractivity contribution is 6.30. The molecule has 2 unspecified atom stereocenters.